The Bertz CT molecular complexity index is 977. The average molecular weight is 526 g/mol. The maximum atomic E-state index is 12.7. The molecule has 196 valence electrons. The van der Waals surface area contributed by atoms with Gasteiger partial charge in [0.1, 0.15) is 5.75 Å². The maximum Gasteiger partial charge on any atom is 0.221 e. The Morgan fingerprint density at radius 3 is 2.54 bits per heavy atom. The molecule has 10 heteroatoms. The van der Waals surface area contributed by atoms with Gasteiger partial charge in [-0.2, -0.15) is 11.3 Å². The van der Waals surface area contributed by atoms with Gasteiger partial charge in [-0.15, -0.1) is 0 Å². The van der Waals surface area contributed by atoms with E-state index in [0.29, 0.717) is 26.1 Å². The number of nitrogens with one attached hydrogen (secondary N) is 2. The van der Waals surface area contributed by atoms with E-state index in [-0.39, 0.29) is 24.6 Å². The molecule has 0 aliphatic heterocycles. The lowest BCUT2D eigenvalue weighted by atomic mass is 10.0. The molecule has 0 bridgehead atoms. The summed E-state index contributed by atoms with van der Waals surface area (Å²) in [6, 6.07) is 9.08. The number of thiophene rings is 1. The number of carbonyl (C=O) groups is 1. The first kappa shape index (κ1) is 29.3. The predicted molar refractivity (Wildman–Crippen MR) is 141 cm³/mol. The second kappa shape index (κ2) is 15.2. The molecule has 1 heterocycles. The topological polar surface area (TPSA) is 108 Å². The average Bonchev–Trinajstić information content (AvgIpc) is 3.35. The summed E-state index contributed by atoms with van der Waals surface area (Å²) in [5.74, 6) is 0.140. The number of hydrogen-bond acceptors (Lipinski definition) is 7. The van der Waals surface area contributed by atoms with Crippen molar-refractivity contribution in [1.82, 2.24) is 14.9 Å². The molecule has 8 nitrogen and oxygen atoms in total. The highest BCUT2D eigenvalue weighted by atomic mass is 32.2. The van der Waals surface area contributed by atoms with Gasteiger partial charge in [0.25, 0.3) is 0 Å². The van der Waals surface area contributed by atoms with Crippen molar-refractivity contribution in [1.29, 1.82) is 0 Å². The van der Waals surface area contributed by atoms with Crippen molar-refractivity contribution in [2.24, 2.45) is 0 Å². The van der Waals surface area contributed by atoms with Gasteiger partial charge in [-0.1, -0.05) is 26.0 Å². The summed E-state index contributed by atoms with van der Waals surface area (Å²) in [5.41, 5.74) is 2.03. The minimum Gasteiger partial charge on any atom is -0.497 e. The first-order valence-corrected chi connectivity index (χ1v) is 14.6. The lowest BCUT2D eigenvalue weighted by Gasteiger charge is -2.25. The normalized spacial score (nSPS) is 13.5. The molecular weight excluding hydrogens is 486 g/mol. The molecule has 0 unspecified atom stereocenters. The molecule has 2 rings (SSSR count). The molecule has 1 aromatic heterocycles. The standard InChI is InChI=1S/C25H39N3O5S2/c1-4-11-28(12-5-2)35(31,32)14-10-25(30)27-23(16-21-9-13-34-19-21)24(29)18-26-17-20-7-6-8-22(15-20)33-3/h6-9,13,15,19,23-24,26,29H,4-5,10-12,14,16-18H2,1-3H3,(H,27,30)/t23-,24-/m0/s1. The number of methoxy groups -OCH3 is 1. The number of carbonyl (C=O) groups excluding carboxylic acids is 1. The van der Waals surface area contributed by atoms with E-state index in [1.165, 1.54) is 4.31 Å². The SMILES string of the molecule is CCCN(CCC)S(=O)(=O)CCC(=O)N[C@@H](Cc1ccsc1)[C@@H](O)CNCc1cccc(OC)c1. The van der Waals surface area contributed by atoms with Crippen LogP contribution in [-0.4, -0.2) is 68.4 Å². The summed E-state index contributed by atoms with van der Waals surface area (Å²) in [6.07, 6.45) is 0.919. The first-order chi connectivity index (χ1) is 16.8. The fourth-order valence-corrected chi connectivity index (χ4v) is 6.06. The van der Waals surface area contributed by atoms with Crippen LogP contribution in [-0.2, 0) is 27.8 Å². The molecule has 0 aliphatic carbocycles. The summed E-state index contributed by atoms with van der Waals surface area (Å²) in [5, 5.41) is 20.9. The van der Waals surface area contributed by atoms with Crippen LogP contribution in [0.1, 0.15) is 44.2 Å². The zero-order valence-corrected chi connectivity index (χ0v) is 22.5. The number of aliphatic hydroxyl groups is 1. The van der Waals surface area contributed by atoms with Crippen molar-refractivity contribution in [3.8, 4) is 5.75 Å². The van der Waals surface area contributed by atoms with Gasteiger partial charge >= 0.3 is 0 Å². The molecule has 0 aliphatic rings. The van der Waals surface area contributed by atoms with Crippen LogP contribution in [0.3, 0.4) is 0 Å². The Hall–Kier alpha value is -1.98. The Balaban J connectivity index is 1.95. The van der Waals surface area contributed by atoms with Crippen LogP contribution in [0.25, 0.3) is 0 Å². The Morgan fingerprint density at radius 1 is 1.17 bits per heavy atom. The number of ether oxygens (including phenoxy) is 1. The second-order valence-corrected chi connectivity index (χ2v) is 11.4. The highest BCUT2D eigenvalue weighted by Crippen LogP contribution is 2.14. The molecule has 1 aromatic carbocycles. The van der Waals surface area contributed by atoms with Crippen molar-refractivity contribution in [2.75, 3.05) is 32.5 Å². The summed E-state index contributed by atoms with van der Waals surface area (Å²) >= 11 is 1.55. The summed E-state index contributed by atoms with van der Waals surface area (Å²) in [6.45, 7) is 5.58. The van der Waals surface area contributed by atoms with E-state index < -0.39 is 22.2 Å². The van der Waals surface area contributed by atoms with Crippen molar-refractivity contribution in [3.05, 3.63) is 52.2 Å². The van der Waals surface area contributed by atoms with Crippen LogP contribution in [0, 0.1) is 0 Å². The van der Waals surface area contributed by atoms with Gasteiger partial charge in [-0.3, -0.25) is 4.79 Å². The van der Waals surface area contributed by atoms with E-state index in [2.05, 4.69) is 10.6 Å². The third-order valence-corrected chi connectivity index (χ3v) is 8.19. The molecule has 2 atom stereocenters. The van der Waals surface area contributed by atoms with E-state index in [9.17, 15) is 18.3 Å². The van der Waals surface area contributed by atoms with Gasteiger partial charge in [0, 0.05) is 32.6 Å². The van der Waals surface area contributed by atoms with Crippen LogP contribution in [0.4, 0.5) is 0 Å². The van der Waals surface area contributed by atoms with Crippen LogP contribution in [0.5, 0.6) is 5.75 Å². The number of nitrogens with zero attached hydrogens (tertiary/aromatic N) is 1. The number of aliphatic hydroxyl groups excluding tert-OH is 1. The lowest BCUT2D eigenvalue weighted by molar-refractivity contribution is -0.122. The molecule has 3 N–H and O–H groups in total. The Morgan fingerprint density at radius 2 is 1.91 bits per heavy atom. The van der Waals surface area contributed by atoms with Crippen LogP contribution in [0.15, 0.2) is 41.1 Å². The predicted octanol–water partition coefficient (Wildman–Crippen LogP) is 2.78. The van der Waals surface area contributed by atoms with Gasteiger partial charge in [-0.25, -0.2) is 12.7 Å². The minimum absolute atomic E-state index is 0.143. The van der Waals surface area contributed by atoms with Crippen LogP contribution >= 0.6 is 11.3 Å². The van der Waals surface area contributed by atoms with E-state index >= 15 is 0 Å². The Labute approximate surface area is 213 Å². The molecule has 35 heavy (non-hydrogen) atoms. The fourth-order valence-electron chi connectivity index (χ4n) is 3.75. The molecular formula is C25H39N3O5S2. The molecule has 0 spiro atoms. The highest BCUT2D eigenvalue weighted by molar-refractivity contribution is 7.89. The largest absolute Gasteiger partial charge is 0.497 e. The number of sulfonamides is 1. The van der Waals surface area contributed by atoms with Gasteiger partial charge in [-0.05, 0) is 59.3 Å². The van der Waals surface area contributed by atoms with E-state index in [4.69, 9.17) is 4.74 Å². The van der Waals surface area contributed by atoms with Crippen molar-refractivity contribution >= 4 is 27.3 Å². The first-order valence-electron chi connectivity index (χ1n) is 12.1. The monoisotopic (exact) mass is 525 g/mol. The van der Waals surface area contributed by atoms with Crippen molar-refractivity contribution in [2.45, 2.75) is 58.2 Å². The van der Waals surface area contributed by atoms with E-state index in [1.54, 1.807) is 18.4 Å². The number of benzene rings is 1. The van der Waals surface area contributed by atoms with Crippen LogP contribution in [0.2, 0.25) is 0 Å². The zero-order chi connectivity index (χ0) is 25.7. The molecule has 0 saturated carbocycles. The van der Waals surface area contributed by atoms with Gasteiger partial charge < -0.3 is 20.5 Å². The smallest absolute Gasteiger partial charge is 0.221 e. The van der Waals surface area contributed by atoms with Crippen molar-refractivity contribution < 1.29 is 23.1 Å². The lowest BCUT2D eigenvalue weighted by Crippen LogP contribution is -2.49. The maximum absolute atomic E-state index is 12.7. The minimum atomic E-state index is -3.51. The van der Waals surface area contributed by atoms with Gasteiger partial charge in [0.2, 0.25) is 15.9 Å². The summed E-state index contributed by atoms with van der Waals surface area (Å²) < 4.78 is 32.1. The third-order valence-electron chi connectivity index (χ3n) is 5.59. The van der Waals surface area contributed by atoms with Gasteiger partial charge in [0.05, 0.1) is 25.0 Å². The van der Waals surface area contributed by atoms with E-state index in [1.807, 2.05) is 54.9 Å². The quantitative estimate of drug-likeness (QED) is 0.293. The number of rotatable bonds is 17. The fraction of sp³-hybridized carbons (Fsp3) is 0.560. The molecule has 0 fully saturated rings. The Kier molecular flexibility index (Phi) is 12.7. The molecule has 1 amide bonds. The highest BCUT2D eigenvalue weighted by Gasteiger charge is 2.25. The molecule has 0 saturated heterocycles. The van der Waals surface area contributed by atoms with Crippen molar-refractivity contribution in [3.63, 3.8) is 0 Å². The van der Waals surface area contributed by atoms with E-state index in [0.717, 1.165) is 29.7 Å². The summed E-state index contributed by atoms with van der Waals surface area (Å²) in [4.78, 5) is 12.7. The molecule has 0 radical (unpaired) electrons. The third kappa shape index (κ3) is 10.3. The molecule has 2 aromatic rings. The summed E-state index contributed by atoms with van der Waals surface area (Å²) in [7, 11) is -1.89. The van der Waals surface area contributed by atoms with Crippen LogP contribution < -0.4 is 15.4 Å². The second-order valence-electron chi connectivity index (χ2n) is 8.52. The number of hydrogen-bond donors (Lipinski definition) is 3. The number of amides is 1. The zero-order valence-electron chi connectivity index (χ0n) is 20.9. The van der Waals surface area contributed by atoms with Gasteiger partial charge in [0.15, 0.2) is 0 Å².